The first kappa shape index (κ1) is 11.9. The van der Waals surface area contributed by atoms with E-state index in [4.69, 9.17) is 4.74 Å². The maximum atomic E-state index is 11.3. The molecule has 0 spiro atoms. The van der Waals surface area contributed by atoms with Gasteiger partial charge in [0.2, 0.25) is 0 Å². The van der Waals surface area contributed by atoms with Crippen LogP contribution in [0.3, 0.4) is 0 Å². The van der Waals surface area contributed by atoms with Crippen LogP contribution in [0.2, 0.25) is 0 Å². The van der Waals surface area contributed by atoms with E-state index in [1.54, 1.807) is 7.11 Å². The van der Waals surface area contributed by atoms with Gasteiger partial charge in [0.25, 0.3) is 0 Å². The summed E-state index contributed by atoms with van der Waals surface area (Å²) in [5.74, 6) is 0.633. The highest BCUT2D eigenvalue weighted by Crippen LogP contribution is 2.11. The Labute approximate surface area is 85.9 Å². The van der Waals surface area contributed by atoms with Gasteiger partial charge in [-0.25, -0.2) is 8.42 Å². The van der Waals surface area contributed by atoms with Gasteiger partial charge in [0.15, 0.2) is 9.84 Å². The first-order valence-corrected chi connectivity index (χ1v) is 6.82. The number of nitrogens with one attached hydrogen (secondary N) is 1. The van der Waals surface area contributed by atoms with Gasteiger partial charge in [-0.05, 0) is 19.8 Å². The van der Waals surface area contributed by atoms with E-state index >= 15 is 0 Å². The molecule has 0 aromatic carbocycles. The van der Waals surface area contributed by atoms with E-state index in [1.165, 1.54) is 0 Å². The Morgan fingerprint density at radius 1 is 1.57 bits per heavy atom. The second-order valence-electron chi connectivity index (χ2n) is 3.91. The monoisotopic (exact) mass is 221 g/mol. The number of ether oxygens (including phenoxy) is 1. The molecule has 1 heterocycles. The summed E-state index contributed by atoms with van der Waals surface area (Å²) in [5, 5.41) is 3.22. The third kappa shape index (κ3) is 3.94. The molecule has 0 saturated carbocycles. The van der Waals surface area contributed by atoms with Gasteiger partial charge < -0.3 is 10.1 Å². The smallest absolute Gasteiger partial charge is 0.151 e. The minimum absolute atomic E-state index is 0.117. The molecule has 0 aromatic rings. The fourth-order valence-corrected chi connectivity index (χ4v) is 3.27. The zero-order valence-electron chi connectivity index (χ0n) is 8.82. The van der Waals surface area contributed by atoms with Crippen molar-refractivity contribution >= 4 is 9.84 Å². The molecule has 4 nitrogen and oxygen atoms in total. The van der Waals surface area contributed by atoms with Crippen LogP contribution in [0.15, 0.2) is 0 Å². The van der Waals surface area contributed by atoms with Crippen LogP contribution in [0.4, 0.5) is 0 Å². The van der Waals surface area contributed by atoms with Gasteiger partial charge in [-0.15, -0.1) is 0 Å². The number of hydrogen-bond acceptors (Lipinski definition) is 4. The normalized spacial score (nSPS) is 28.6. The fraction of sp³-hybridized carbons (Fsp3) is 1.00. The van der Waals surface area contributed by atoms with Crippen molar-refractivity contribution in [2.75, 3.05) is 25.2 Å². The summed E-state index contributed by atoms with van der Waals surface area (Å²) in [6, 6.07) is 0.117. The third-order valence-corrected chi connectivity index (χ3v) is 4.38. The van der Waals surface area contributed by atoms with Crippen LogP contribution in [0.1, 0.15) is 19.8 Å². The van der Waals surface area contributed by atoms with E-state index in [9.17, 15) is 8.42 Å². The van der Waals surface area contributed by atoms with Gasteiger partial charge in [-0.1, -0.05) is 0 Å². The van der Waals surface area contributed by atoms with Gasteiger partial charge in [-0.3, -0.25) is 0 Å². The number of rotatable bonds is 4. The SMILES string of the molecule is COC(C)CNC1CCCS(=O)(=O)C1. The van der Waals surface area contributed by atoms with E-state index in [0.29, 0.717) is 5.75 Å². The lowest BCUT2D eigenvalue weighted by Crippen LogP contribution is -2.43. The summed E-state index contributed by atoms with van der Waals surface area (Å²) >= 11 is 0. The van der Waals surface area contributed by atoms with Crippen LogP contribution >= 0.6 is 0 Å². The molecule has 14 heavy (non-hydrogen) atoms. The Balaban J connectivity index is 2.31. The van der Waals surface area contributed by atoms with Crippen molar-refractivity contribution in [3.05, 3.63) is 0 Å². The number of sulfone groups is 1. The predicted octanol–water partition coefficient (Wildman–Crippen LogP) is 0.188. The lowest BCUT2D eigenvalue weighted by molar-refractivity contribution is 0.114. The van der Waals surface area contributed by atoms with Crippen LogP contribution in [-0.4, -0.2) is 45.7 Å². The van der Waals surface area contributed by atoms with Crippen molar-refractivity contribution in [2.45, 2.75) is 31.9 Å². The molecule has 1 aliphatic rings. The summed E-state index contributed by atoms with van der Waals surface area (Å²) in [7, 11) is -1.13. The Morgan fingerprint density at radius 3 is 2.86 bits per heavy atom. The molecule has 1 aliphatic heterocycles. The van der Waals surface area contributed by atoms with Gasteiger partial charge in [0, 0.05) is 19.7 Å². The Kier molecular flexibility index (Phi) is 4.34. The van der Waals surface area contributed by atoms with E-state index < -0.39 is 9.84 Å². The lowest BCUT2D eigenvalue weighted by Gasteiger charge is -2.24. The molecule has 0 radical (unpaired) electrons. The average molecular weight is 221 g/mol. The molecule has 2 atom stereocenters. The molecule has 0 aliphatic carbocycles. The Morgan fingerprint density at radius 2 is 2.29 bits per heavy atom. The molecule has 2 unspecified atom stereocenters. The molecule has 84 valence electrons. The fourth-order valence-electron chi connectivity index (χ4n) is 1.60. The molecule has 5 heteroatoms. The highest BCUT2D eigenvalue weighted by atomic mass is 32.2. The minimum atomic E-state index is -2.79. The van der Waals surface area contributed by atoms with E-state index in [2.05, 4.69) is 5.32 Å². The highest BCUT2D eigenvalue weighted by Gasteiger charge is 2.24. The van der Waals surface area contributed by atoms with Gasteiger partial charge in [0.05, 0.1) is 17.6 Å². The van der Waals surface area contributed by atoms with Gasteiger partial charge in [-0.2, -0.15) is 0 Å². The van der Waals surface area contributed by atoms with Crippen LogP contribution in [0.5, 0.6) is 0 Å². The van der Waals surface area contributed by atoms with Crippen molar-refractivity contribution in [1.82, 2.24) is 5.32 Å². The third-order valence-electron chi connectivity index (χ3n) is 2.56. The number of methoxy groups -OCH3 is 1. The molecule has 0 bridgehead atoms. The molecular weight excluding hydrogens is 202 g/mol. The summed E-state index contributed by atoms with van der Waals surface area (Å²) in [6.07, 6.45) is 1.87. The molecule has 1 rings (SSSR count). The quantitative estimate of drug-likeness (QED) is 0.736. The predicted molar refractivity (Wildman–Crippen MR) is 56.1 cm³/mol. The molecule has 1 N–H and O–H groups in total. The van der Waals surface area contributed by atoms with Crippen LogP contribution in [-0.2, 0) is 14.6 Å². The molecular formula is C9H19NO3S. The standard InChI is InChI=1S/C9H19NO3S/c1-8(13-2)6-10-9-4-3-5-14(11,12)7-9/h8-10H,3-7H2,1-2H3. The van der Waals surface area contributed by atoms with Gasteiger partial charge in [0.1, 0.15) is 0 Å². The van der Waals surface area contributed by atoms with E-state index in [0.717, 1.165) is 19.4 Å². The average Bonchev–Trinajstić information content (AvgIpc) is 2.12. The summed E-state index contributed by atoms with van der Waals surface area (Å²) in [6.45, 7) is 2.68. The second-order valence-corrected chi connectivity index (χ2v) is 6.14. The summed E-state index contributed by atoms with van der Waals surface area (Å²) in [5.41, 5.74) is 0. The van der Waals surface area contributed by atoms with Crippen molar-refractivity contribution < 1.29 is 13.2 Å². The van der Waals surface area contributed by atoms with Crippen molar-refractivity contribution in [3.8, 4) is 0 Å². The maximum Gasteiger partial charge on any atom is 0.151 e. The summed E-state index contributed by atoms with van der Waals surface area (Å²) in [4.78, 5) is 0. The molecule has 0 aromatic heterocycles. The van der Waals surface area contributed by atoms with E-state index in [1.807, 2.05) is 6.92 Å². The Hall–Kier alpha value is -0.130. The van der Waals surface area contributed by atoms with Crippen molar-refractivity contribution in [3.63, 3.8) is 0 Å². The molecule has 0 amide bonds. The van der Waals surface area contributed by atoms with Gasteiger partial charge >= 0.3 is 0 Å². The summed E-state index contributed by atoms with van der Waals surface area (Å²) < 4.78 is 27.7. The number of hydrogen-bond donors (Lipinski definition) is 1. The highest BCUT2D eigenvalue weighted by molar-refractivity contribution is 7.91. The lowest BCUT2D eigenvalue weighted by atomic mass is 10.2. The Bertz CT molecular complexity index is 263. The topological polar surface area (TPSA) is 55.4 Å². The first-order valence-electron chi connectivity index (χ1n) is 5.00. The zero-order valence-corrected chi connectivity index (χ0v) is 9.64. The first-order chi connectivity index (χ1) is 6.53. The van der Waals surface area contributed by atoms with Crippen LogP contribution in [0, 0.1) is 0 Å². The zero-order chi connectivity index (χ0) is 10.6. The van der Waals surface area contributed by atoms with E-state index in [-0.39, 0.29) is 17.9 Å². The van der Waals surface area contributed by atoms with Crippen molar-refractivity contribution in [1.29, 1.82) is 0 Å². The largest absolute Gasteiger partial charge is 0.380 e. The molecule has 1 saturated heterocycles. The van der Waals surface area contributed by atoms with Crippen LogP contribution in [0.25, 0.3) is 0 Å². The minimum Gasteiger partial charge on any atom is -0.380 e. The van der Waals surface area contributed by atoms with Crippen LogP contribution < -0.4 is 5.32 Å². The second kappa shape index (κ2) is 5.09. The van der Waals surface area contributed by atoms with Crippen molar-refractivity contribution in [2.24, 2.45) is 0 Å². The molecule has 1 fully saturated rings. The maximum absolute atomic E-state index is 11.3.